The first-order valence-corrected chi connectivity index (χ1v) is 3.38. The zero-order valence-electron chi connectivity index (χ0n) is 5.83. The third kappa shape index (κ3) is 0.890. The summed E-state index contributed by atoms with van der Waals surface area (Å²) < 4.78 is 0. The van der Waals surface area contributed by atoms with Crippen molar-refractivity contribution in [1.29, 1.82) is 0 Å². The Morgan fingerprint density at radius 3 is 2.91 bits per heavy atom. The van der Waals surface area contributed by atoms with Crippen LogP contribution in [0.2, 0.25) is 0 Å². The molecule has 2 aromatic rings. The van der Waals surface area contributed by atoms with Crippen LogP contribution in [0.3, 0.4) is 0 Å². The van der Waals surface area contributed by atoms with Crippen molar-refractivity contribution in [2.24, 2.45) is 0 Å². The van der Waals surface area contributed by atoms with E-state index in [-0.39, 0.29) is 0 Å². The summed E-state index contributed by atoms with van der Waals surface area (Å²) in [5.74, 6) is 0.299. The second-order valence-corrected chi connectivity index (χ2v) is 2.34. The van der Waals surface area contributed by atoms with Gasteiger partial charge >= 0.3 is 0 Å². The van der Waals surface area contributed by atoms with E-state index >= 15 is 0 Å². The van der Waals surface area contributed by atoms with Crippen molar-refractivity contribution in [2.45, 2.75) is 0 Å². The van der Waals surface area contributed by atoms with Crippen LogP contribution in [0.1, 0.15) is 0 Å². The molecule has 0 spiro atoms. The van der Waals surface area contributed by atoms with E-state index < -0.39 is 0 Å². The molecule has 0 atom stereocenters. The average molecular weight is 142 g/mol. The van der Waals surface area contributed by atoms with Gasteiger partial charge in [-0.15, -0.1) is 0 Å². The number of rotatable bonds is 0. The van der Waals surface area contributed by atoms with Crippen LogP contribution in [-0.4, -0.2) is 5.11 Å². The topological polar surface area (TPSA) is 20.2 Å². The highest BCUT2D eigenvalue weighted by atomic mass is 16.3. The minimum atomic E-state index is 0.299. The minimum absolute atomic E-state index is 0.299. The van der Waals surface area contributed by atoms with Crippen LogP contribution in [0.15, 0.2) is 30.3 Å². The summed E-state index contributed by atoms with van der Waals surface area (Å²) in [6.45, 7) is 0. The molecule has 2 rings (SSSR count). The van der Waals surface area contributed by atoms with Gasteiger partial charge in [-0.25, -0.2) is 0 Å². The number of phenols is 1. The molecule has 0 bridgehead atoms. The van der Waals surface area contributed by atoms with Gasteiger partial charge in [-0.2, -0.15) is 0 Å². The number of fused-ring (bicyclic) bond motifs is 1. The molecule has 1 N–H and O–H groups in total. The predicted octanol–water partition coefficient (Wildman–Crippen LogP) is 2.15. The maximum atomic E-state index is 9.34. The molecular weight excluding hydrogens is 136 g/mol. The molecule has 0 aromatic heterocycles. The summed E-state index contributed by atoms with van der Waals surface area (Å²) >= 11 is 0. The van der Waals surface area contributed by atoms with Crippen molar-refractivity contribution in [3.05, 3.63) is 42.5 Å². The van der Waals surface area contributed by atoms with Crippen molar-refractivity contribution < 1.29 is 5.11 Å². The molecule has 0 aliphatic carbocycles. The smallest absolute Gasteiger partial charge is 0.124 e. The molecular formula is C10H6O. The van der Waals surface area contributed by atoms with E-state index in [2.05, 4.69) is 12.1 Å². The molecule has 2 aromatic carbocycles. The third-order valence-electron chi connectivity index (χ3n) is 1.62. The average Bonchev–Trinajstić information content (AvgIpc) is 2.06. The molecule has 1 heteroatoms. The van der Waals surface area contributed by atoms with Gasteiger partial charge in [0.1, 0.15) is 5.75 Å². The maximum absolute atomic E-state index is 9.34. The first-order valence-electron chi connectivity index (χ1n) is 3.38. The molecule has 52 valence electrons. The molecule has 0 saturated carbocycles. The summed E-state index contributed by atoms with van der Waals surface area (Å²) in [6.07, 6.45) is 0. The zero-order valence-corrected chi connectivity index (χ0v) is 5.83. The van der Waals surface area contributed by atoms with E-state index in [0.717, 1.165) is 10.8 Å². The van der Waals surface area contributed by atoms with Gasteiger partial charge in [-0.05, 0) is 24.3 Å². The van der Waals surface area contributed by atoms with Gasteiger partial charge in [0, 0.05) is 10.8 Å². The summed E-state index contributed by atoms with van der Waals surface area (Å²) in [7, 11) is 0. The van der Waals surface area contributed by atoms with Gasteiger partial charge in [0.2, 0.25) is 0 Å². The monoisotopic (exact) mass is 142 g/mol. The maximum Gasteiger partial charge on any atom is 0.124 e. The first-order chi connectivity index (χ1) is 5.38. The fraction of sp³-hybridized carbons (Fsp3) is 0. The van der Waals surface area contributed by atoms with E-state index in [9.17, 15) is 5.11 Å². The summed E-state index contributed by atoms with van der Waals surface area (Å²) in [4.78, 5) is 0. The highest BCUT2D eigenvalue weighted by Crippen LogP contribution is 2.21. The largest absolute Gasteiger partial charge is 0.507 e. The molecule has 0 saturated heterocycles. The zero-order chi connectivity index (χ0) is 7.68. The molecule has 0 aliphatic rings. The lowest BCUT2D eigenvalue weighted by Gasteiger charge is -1.94. The Balaban J connectivity index is 2.91. The number of phenolic OH excluding ortho intramolecular Hbond substituents is 1. The Labute approximate surface area is 64.9 Å². The predicted molar refractivity (Wildman–Crippen MR) is 43.3 cm³/mol. The van der Waals surface area contributed by atoms with Crippen LogP contribution in [0, 0.1) is 12.1 Å². The Hall–Kier alpha value is -1.68. The number of aromatic hydroxyl groups is 1. The van der Waals surface area contributed by atoms with Crippen molar-refractivity contribution >= 4 is 10.8 Å². The molecule has 0 fully saturated rings. The Morgan fingerprint density at radius 2 is 2.09 bits per heavy atom. The van der Waals surface area contributed by atoms with Crippen LogP contribution < -0.4 is 0 Å². The summed E-state index contributed by atoms with van der Waals surface area (Å²) in [6, 6.07) is 14.6. The SMILES string of the molecule is Oc1cccc2c#cccc12. The van der Waals surface area contributed by atoms with Gasteiger partial charge in [-0.3, -0.25) is 0 Å². The Bertz CT molecular complexity index is 374. The molecule has 0 amide bonds. The summed E-state index contributed by atoms with van der Waals surface area (Å²) in [5.41, 5.74) is 0. The third-order valence-corrected chi connectivity index (χ3v) is 1.62. The van der Waals surface area contributed by atoms with E-state index in [0.29, 0.717) is 5.75 Å². The lowest BCUT2D eigenvalue weighted by Crippen LogP contribution is -1.69. The van der Waals surface area contributed by atoms with Crippen molar-refractivity contribution in [1.82, 2.24) is 0 Å². The number of hydrogen-bond donors (Lipinski definition) is 1. The molecule has 1 nitrogen and oxygen atoms in total. The van der Waals surface area contributed by atoms with Crippen LogP contribution >= 0.6 is 0 Å². The molecule has 0 unspecified atom stereocenters. The Morgan fingerprint density at radius 1 is 1.18 bits per heavy atom. The van der Waals surface area contributed by atoms with Crippen LogP contribution in [0.4, 0.5) is 0 Å². The van der Waals surface area contributed by atoms with E-state index in [4.69, 9.17) is 0 Å². The van der Waals surface area contributed by atoms with Gasteiger partial charge in [0.05, 0.1) is 0 Å². The fourth-order valence-corrected chi connectivity index (χ4v) is 1.08. The fourth-order valence-electron chi connectivity index (χ4n) is 1.08. The van der Waals surface area contributed by atoms with E-state index in [1.807, 2.05) is 12.1 Å². The van der Waals surface area contributed by atoms with E-state index in [1.54, 1.807) is 18.2 Å². The molecule has 0 heterocycles. The number of benzene rings is 1. The molecule has 0 radical (unpaired) electrons. The molecule has 0 aliphatic heterocycles. The summed E-state index contributed by atoms with van der Waals surface area (Å²) in [5, 5.41) is 11.1. The standard InChI is InChI=1S/C10H6O/c11-10-7-3-5-8-4-1-2-6-9(8)10/h2-3,5-7,11H. The lowest BCUT2D eigenvalue weighted by molar-refractivity contribution is 0.481. The van der Waals surface area contributed by atoms with Crippen LogP contribution in [0.25, 0.3) is 10.8 Å². The minimum Gasteiger partial charge on any atom is -0.507 e. The number of hydrogen-bond acceptors (Lipinski definition) is 1. The highest BCUT2D eigenvalue weighted by Gasteiger charge is 1.94. The first kappa shape index (κ1) is 6.06. The second kappa shape index (κ2) is 2.17. The normalized spacial score (nSPS) is 9.45. The van der Waals surface area contributed by atoms with Crippen molar-refractivity contribution in [2.75, 3.05) is 0 Å². The molecule has 11 heavy (non-hydrogen) atoms. The highest BCUT2D eigenvalue weighted by molar-refractivity contribution is 5.86. The van der Waals surface area contributed by atoms with Crippen molar-refractivity contribution in [3.63, 3.8) is 0 Å². The van der Waals surface area contributed by atoms with Gasteiger partial charge < -0.3 is 5.11 Å². The second-order valence-electron chi connectivity index (χ2n) is 2.34. The van der Waals surface area contributed by atoms with Crippen LogP contribution in [0.5, 0.6) is 5.75 Å². The Kier molecular flexibility index (Phi) is 1.20. The quantitative estimate of drug-likeness (QED) is 0.597. The van der Waals surface area contributed by atoms with Crippen LogP contribution in [-0.2, 0) is 0 Å². The van der Waals surface area contributed by atoms with Gasteiger partial charge in [-0.1, -0.05) is 18.2 Å². The van der Waals surface area contributed by atoms with Gasteiger partial charge in [0.25, 0.3) is 0 Å². The van der Waals surface area contributed by atoms with Crippen molar-refractivity contribution in [3.8, 4) is 5.75 Å². The van der Waals surface area contributed by atoms with E-state index in [1.165, 1.54) is 0 Å². The lowest BCUT2D eigenvalue weighted by atomic mass is 10.1. The van der Waals surface area contributed by atoms with Gasteiger partial charge in [0.15, 0.2) is 0 Å².